The minimum absolute atomic E-state index is 0.0811. The van der Waals surface area contributed by atoms with Gasteiger partial charge in [0, 0.05) is 29.2 Å². The van der Waals surface area contributed by atoms with Crippen LogP contribution < -0.4 is 4.74 Å². The van der Waals surface area contributed by atoms with Gasteiger partial charge in [-0.2, -0.15) is 0 Å². The van der Waals surface area contributed by atoms with Gasteiger partial charge in [0.1, 0.15) is 17.7 Å². The van der Waals surface area contributed by atoms with Gasteiger partial charge in [0.25, 0.3) is 0 Å². The van der Waals surface area contributed by atoms with Crippen molar-refractivity contribution in [3.8, 4) is 5.75 Å². The molecule has 1 N–H and O–H groups in total. The van der Waals surface area contributed by atoms with E-state index in [1.807, 2.05) is 12.1 Å². The summed E-state index contributed by atoms with van der Waals surface area (Å²) in [6.45, 7) is 2.32. The smallest absolute Gasteiger partial charge is 0.338 e. The summed E-state index contributed by atoms with van der Waals surface area (Å²) < 4.78 is 20.5. The number of nitrogens with zero attached hydrogens (tertiary/aromatic N) is 1. The summed E-state index contributed by atoms with van der Waals surface area (Å²) in [4.78, 5) is 13.5. The molecule has 0 amide bonds. The number of ether oxygens (including phenoxy) is 1. The zero-order valence-electron chi connectivity index (χ0n) is 15.8. The number of carbonyl (C=O) groups is 1. The molecule has 2 aliphatic rings. The Morgan fingerprint density at radius 2 is 2.00 bits per heavy atom. The van der Waals surface area contributed by atoms with Crippen LogP contribution in [-0.4, -0.2) is 35.2 Å². The first-order valence-corrected chi connectivity index (χ1v) is 10.6. The fraction of sp³-hybridized carbons (Fsp3) is 0.409. The lowest BCUT2D eigenvalue weighted by Gasteiger charge is -2.33. The van der Waals surface area contributed by atoms with E-state index in [0.717, 1.165) is 43.4 Å². The van der Waals surface area contributed by atoms with Crippen LogP contribution in [0.25, 0.3) is 0 Å². The molecule has 1 aliphatic heterocycles. The monoisotopic (exact) mass is 437 g/mol. The maximum atomic E-state index is 14.3. The van der Waals surface area contributed by atoms with Crippen molar-refractivity contribution in [2.24, 2.45) is 0 Å². The number of likely N-dealkylation sites (tertiary alicyclic amines) is 1. The number of rotatable bonds is 6. The first kappa shape index (κ1) is 20.5. The summed E-state index contributed by atoms with van der Waals surface area (Å²) in [6, 6.07) is 8.19. The Bertz CT molecular complexity index is 933. The number of carboxylic acid groups (broad SMARTS) is 1. The molecule has 1 saturated heterocycles. The van der Waals surface area contributed by atoms with Gasteiger partial charge in [-0.1, -0.05) is 29.3 Å². The average molecular weight is 438 g/mol. The van der Waals surface area contributed by atoms with Crippen LogP contribution in [0.3, 0.4) is 0 Å². The van der Waals surface area contributed by atoms with Crippen molar-refractivity contribution in [2.75, 3.05) is 13.1 Å². The average Bonchev–Trinajstić information content (AvgIpc) is 3.49. The van der Waals surface area contributed by atoms with Crippen molar-refractivity contribution in [1.82, 2.24) is 4.90 Å². The van der Waals surface area contributed by atoms with E-state index in [1.165, 1.54) is 12.1 Å². The van der Waals surface area contributed by atoms with E-state index in [9.17, 15) is 14.3 Å². The van der Waals surface area contributed by atoms with Gasteiger partial charge in [-0.25, -0.2) is 9.18 Å². The Morgan fingerprint density at radius 3 is 2.69 bits per heavy atom. The van der Waals surface area contributed by atoms with Crippen LogP contribution in [0.15, 0.2) is 30.3 Å². The summed E-state index contributed by atoms with van der Waals surface area (Å²) in [5.41, 5.74) is 1.52. The highest BCUT2D eigenvalue weighted by Crippen LogP contribution is 2.45. The molecular weight excluding hydrogens is 416 g/mol. The van der Waals surface area contributed by atoms with Crippen molar-refractivity contribution in [3.05, 3.63) is 62.9 Å². The minimum atomic E-state index is -1.25. The van der Waals surface area contributed by atoms with E-state index < -0.39 is 11.8 Å². The van der Waals surface area contributed by atoms with E-state index in [4.69, 9.17) is 27.9 Å². The predicted octanol–water partition coefficient (Wildman–Crippen LogP) is 5.75. The van der Waals surface area contributed by atoms with Crippen LogP contribution in [-0.2, 0) is 6.54 Å². The Kier molecular flexibility index (Phi) is 6.00. The molecule has 1 atom stereocenters. The van der Waals surface area contributed by atoms with Crippen molar-refractivity contribution in [1.29, 1.82) is 0 Å². The molecule has 1 aliphatic carbocycles. The summed E-state index contributed by atoms with van der Waals surface area (Å²) in [6.07, 6.45) is 3.71. The molecule has 4 rings (SSSR count). The fourth-order valence-corrected chi connectivity index (χ4v) is 4.34. The van der Waals surface area contributed by atoms with Crippen LogP contribution >= 0.6 is 23.2 Å². The summed E-state index contributed by atoms with van der Waals surface area (Å²) in [5.74, 6) is -1.26. The number of hydrogen-bond acceptors (Lipinski definition) is 3. The van der Waals surface area contributed by atoms with Gasteiger partial charge in [-0.05, 0) is 67.5 Å². The topological polar surface area (TPSA) is 49.8 Å². The molecule has 1 heterocycles. The SMILES string of the molecule is O=C(O)c1cc(C2CC2)c(OC2CCCN(Cc3ccc(Cl)cc3Cl)C2)cc1F. The van der Waals surface area contributed by atoms with Gasteiger partial charge in [0.05, 0.1) is 5.56 Å². The van der Waals surface area contributed by atoms with Gasteiger partial charge < -0.3 is 9.84 Å². The number of carboxylic acids is 1. The van der Waals surface area contributed by atoms with Crippen molar-refractivity contribution in [2.45, 2.75) is 44.2 Å². The number of aromatic carboxylic acids is 1. The molecular formula is C22H22Cl2FNO3. The molecule has 29 heavy (non-hydrogen) atoms. The van der Waals surface area contributed by atoms with Crippen molar-refractivity contribution >= 4 is 29.2 Å². The molecule has 1 saturated carbocycles. The van der Waals surface area contributed by atoms with Gasteiger partial charge in [-0.3, -0.25) is 4.90 Å². The second-order valence-electron chi connectivity index (χ2n) is 7.80. The first-order valence-electron chi connectivity index (χ1n) is 9.80. The number of halogens is 3. The van der Waals surface area contributed by atoms with E-state index in [-0.39, 0.29) is 17.6 Å². The lowest BCUT2D eigenvalue weighted by Crippen LogP contribution is -2.40. The minimum Gasteiger partial charge on any atom is -0.489 e. The fourth-order valence-electron chi connectivity index (χ4n) is 3.87. The van der Waals surface area contributed by atoms with Gasteiger partial charge >= 0.3 is 5.97 Å². The molecule has 0 spiro atoms. The second kappa shape index (κ2) is 8.50. The van der Waals surface area contributed by atoms with E-state index in [2.05, 4.69) is 4.90 Å². The molecule has 2 aromatic carbocycles. The Hall–Kier alpha value is -1.82. The van der Waals surface area contributed by atoms with Crippen LogP contribution in [0.5, 0.6) is 5.75 Å². The molecule has 2 fully saturated rings. The summed E-state index contributed by atoms with van der Waals surface area (Å²) in [5, 5.41) is 10.5. The maximum absolute atomic E-state index is 14.3. The standard InChI is InChI=1S/C22H22Cl2FNO3/c23-15-6-5-14(19(24)8-15)11-26-7-1-2-16(12-26)29-21-10-20(25)18(22(27)28)9-17(21)13-3-4-13/h5-6,8-10,13,16H,1-4,7,11-12H2,(H,27,28). The molecule has 0 bridgehead atoms. The quantitative estimate of drug-likeness (QED) is 0.624. The van der Waals surface area contributed by atoms with E-state index in [0.29, 0.717) is 28.9 Å². The highest BCUT2D eigenvalue weighted by atomic mass is 35.5. The van der Waals surface area contributed by atoms with Crippen LogP contribution in [0.2, 0.25) is 10.0 Å². The van der Waals surface area contributed by atoms with Gasteiger partial charge in [0.2, 0.25) is 0 Å². The lowest BCUT2D eigenvalue weighted by molar-refractivity contribution is 0.0690. The maximum Gasteiger partial charge on any atom is 0.338 e. The molecule has 0 aromatic heterocycles. The second-order valence-corrected chi connectivity index (χ2v) is 8.65. The molecule has 154 valence electrons. The largest absolute Gasteiger partial charge is 0.489 e. The Labute approximate surface area is 179 Å². The first-order chi connectivity index (χ1) is 13.9. The van der Waals surface area contributed by atoms with Crippen LogP contribution in [0.1, 0.15) is 53.1 Å². The van der Waals surface area contributed by atoms with Crippen molar-refractivity contribution < 1.29 is 19.0 Å². The molecule has 0 radical (unpaired) electrons. The zero-order valence-corrected chi connectivity index (χ0v) is 17.3. The van der Waals surface area contributed by atoms with E-state index in [1.54, 1.807) is 6.07 Å². The lowest BCUT2D eigenvalue weighted by atomic mass is 10.0. The normalized spacial score (nSPS) is 19.9. The third kappa shape index (κ3) is 4.85. The molecule has 2 aromatic rings. The molecule has 7 heteroatoms. The summed E-state index contributed by atoms with van der Waals surface area (Å²) in [7, 11) is 0. The van der Waals surface area contributed by atoms with Crippen LogP contribution in [0.4, 0.5) is 4.39 Å². The summed E-state index contributed by atoms with van der Waals surface area (Å²) >= 11 is 12.3. The highest BCUT2D eigenvalue weighted by Gasteiger charge is 2.31. The molecule has 4 nitrogen and oxygen atoms in total. The Morgan fingerprint density at radius 1 is 1.21 bits per heavy atom. The van der Waals surface area contributed by atoms with Gasteiger partial charge in [-0.15, -0.1) is 0 Å². The van der Waals surface area contributed by atoms with E-state index >= 15 is 0 Å². The Balaban J connectivity index is 1.48. The zero-order chi connectivity index (χ0) is 20.5. The van der Waals surface area contributed by atoms with Crippen molar-refractivity contribution in [3.63, 3.8) is 0 Å². The highest BCUT2D eigenvalue weighted by molar-refractivity contribution is 6.35. The number of hydrogen-bond donors (Lipinski definition) is 1. The van der Waals surface area contributed by atoms with Gasteiger partial charge in [0.15, 0.2) is 0 Å². The predicted molar refractivity (Wildman–Crippen MR) is 111 cm³/mol. The number of piperidine rings is 1. The van der Waals surface area contributed by atoms with Crippen LogP contribution in [0, 0.1) is 5.82 Å². The number of benzene rings is 2. The third-order valence-corrected chi connectivity index (χ3v) is 6.10. The molecule has 1 unspecified atom stereocenters. The third-order valence-electron chi connectivity index (χ3n) is 5.51.